The Labute approximate surface area is 110 Å². The first-order valence-corrected chi connectivity index (χ1v) is 6.75. The fourth-order valence-corrected chi connectivity index (χ4v) is 1.95. The van der Waals surface area contributed by atoms with Crippen molar-refractivity contribution in [2.24, 2.45) is 0 Å². The van der Waals surface area contributed by atoms with Gasteiger partial charge in [0.2, 0.25) is 0 Å². The largest absolute Gasteiger partial charge is 0.487 e. The van der Waals surface area contributed by atoms with Gasteiger partial charge >= 0.3 is 0 Å². The standard InChI is InChI=1S/C13H12ClNOS/c1-17-13-4-2-12(3-5-13)16-9-11-8-10(14)6-7-15-11/h2-8H,9H2,1H3. The molecule has 0 bridgehead atoms. The summed E-state index contributed by atoms with van der Waals surface area (Å²) < 4.78 is 5.62. The molecule has 0 saturated carbocycles. The lowest BCUT2D eigenvalue weighted by atomic mass is 10.3. The zero-order chi connectivity index (χ0) is 12.1. The summed E-state index contributed by atoms with van der Waals surface area (Å²) in [4.78, 5) is 5.40. The lowest BCUT2D eigenvalue weighted by molar-refractivity contribution is 0.301. The number of rotatable bonds is 4. The van der Waals surface area contributed by atoms with E-state index in [4.69, 9.17) is 16.3 Å². The average Bonchev–Trinajstić information content (AvgIpc) is 2.37. The zero-order valence-corrected chi connectivity index (χ0v) is 11.0. The minimum absolute atomic E-state index is 0.430. The molecule has 2 aromatic rings. The number of nitrogens with zero attached hydrogens (tertiary/aromatic N) is 1. The first kappa shape index (κ1) is 12.3. The van der Waals surface area contributed by atoms with Crippen molar-refractivity contribution in [1.29, 1.82) is 0 Å². The quantitative estimate of drug-likeness (QED) is 0.779. The lowest BCUT2D eigenvalue weighted by Gasteiger charge is -2.06. The highest BCUT2D eigenvalue weighted by molar-refractivity contribution is 7.98. The van der Waals surface area contributed by atoms with Crippen LogP contribution >= 0.6 is 23.4 Å². The highest BCUT2D eigenvalue weighted by Crippen LogP contribution is 2.19. The molecule has 1 aromatic carbocycles. The number of ether oxygens (including phenoxy) is 1. The molecule has 0 spiro atoms. The molecular weight excluding hydrogens is 254 g/mol. The van der Waals surface area contributed by atoms with E-state index in [-0.39, 0.29) is 0 Å². The van der Waals surface area contributed by atoms with E-state index in [0.717, 1.165) is 11.4 Å². The van der Waals surface area contributed by atoms with E-state index in [2.05, 4.69) is 4.98 Å². The summed E-state index contributed by atoms with van der Waals surface area (Å²) in [5.74, 6) is 0.838. The molecule has 0 aliphatic rings. The van der Waals surface area contributed by atoms with Crippen LogP contribution < -0.4 is 4.74 Å². The number of aromatic nitrogens is 1. The molecule has 0 atom stereocenters. The maximum Gasteiger partial charge on any atom is 0.130 e. The van der Waals surface area contributed by atoms with Crippen LogP contribution in [-0.4, -0.2) is 11.2 Å². The van der Waals surface area contributed by atoms with E-state index in [1.54, 1.807) is 30.1 Å². The maximum absolute atomic E-state index is 5.87. The van der Waals surface area contributed by atoms with Crippen LogP contribution in [0.2, 0.25) is 5.02 Å². The molecule has 0 aliphatic heterocycles. The van der Waals surface area contributed by atoms with Gasteiger partial charge in [0, 0.05) is 16.1 Å². The lowest BCUT2D eigenvalue weighted by Crippen LogP contribution is -1.97. The third kappa shape index (κ3) is 3.65. The van der Waals surface area contributed by atoms with Gasteiger partial charge in [-0.05, 0) is 42.7 Å². The first-order valence-electron chi connectivity index (χ1n) is 5.15. The maximum atomic E-state index is 5.87. The predicted molar refractivity (Wildman–Crippen MR) is 71.8 cm³/mol. The molecule has 2 rings (SSSR count). The fourth-order valence-electron chi connectivity index (χ4n) is 1.36. The Morgan fingerprint density at radius 1 is 1.24 bits per heavy atom. The van der Waals surface area contributed by atoms with E-state index >= 15 is 0 Å². The molecule has 1 aromatic heterocycles. The van der Waals surface area contributed by atoms with Crippen molar-refractivity contribution in [1.82, 2.24) is 4.98 Å². The molecule has 0 radical (unpaired) electrons. The van der Waals surface area contributed by atoms with Crippen LogP contribution in [0.25, 0.3) is 0 Å². The summed E-state index contributed by atoms with van der Waals surface area (Å²) >= 11 is 7.58. The molecule has 0 unspecified atom stereocenters. The summed E-state index contributed by atoms with van der Waals surface area (Å²) in [6, 6.07) is 11.5. The van der Waals surface area contributed by atoms with E-state index in [9.17, 15) is 0 Å². The summed E-state index contributed by atoms with van der Waals surface area (Å²) in [6.07, 6.45) is 3.73. The van der Waals surface area contributed by atoms with Gasteiger partial charge in [-0.15, -0.1) is 11.8 Å². The van der Waals surface area contributed by atoms with Gasteiger partial charge in [-0.1, -0.05) is 11.6 Å². The van der Waals surface area contributed by atoms with Crippen LogP contribution in [0.5, 0.6) is 5.75 Å². The molecule has 17 heavy (non-hydrogen) atoms. The Balaban J connectivity index is 1.97. The van der Waals surface area contributed by atoms with Crippen molar-refractivity contribution < 1.29 is 4.74 Å². The number of benzene rings is 1. The van der Waals surface area contributed by atoms with Crippen LogP contribution in [0.4, 0.5) is 0 Å². The number of hydrogen-bond donors (Lipinski definition) is 0. The number of thioether (sulfide) groups is 1. The molecule has 88 valence electrons. The molecule has 4 heteroatoms. The second-order valence-electron chi connectivity index (χ2n) is 3.43. The second kappa shape index (κ2) is 5.94. The Bertz CT molecular complexity index is 487. The van der Waals surface area contributed by atoms with Gasteiger partial charge < -0.3 is 4.74 Å². The number of pyridine rings is 1. The van der Waals surface area contributed by atoms with Crippen LogP contribution in [-0.2, 0) is 6.61 Å². The normalized spacial score (nSPS) is 10.2. The Kier molecular flexibility index (Phi) is 4.29. The molecule has 1 heterocycles. The summed E-state index contributed by atoms with van der Waals surface area (Å²) in [7, 11) is 0. The predicted octanol–water partition coefficient (Wildman–Crippen LogP) is 4.04. The minimum atomic E-state index is 0.430. The molecule has 0 fully saturated rings. The fraction of sp³-hybridized carbons (Fsp3) is 0.154. The van der Waals surface area contributed by atoms with Gasteiger partial charge in [-0.3, -0.25) is 4.98 Å². The molecular formula is C13H12ClNOS. The van der Waals surface area contributed by atoms with Gasteiger partial charge in [0.05, 0.1) is 5.69 Å². The van der Waals surface area contributed by atoms with Gasteiger partial charge in [0.1, 0.15) is 12.4 Å². The summed E-state index contributed by atoms with van der Waals surface area (Å²) in [5, 5.41) is 0.677. The van der Waals surface area contributed by atoms with Crippen molar-refractivity contribution in [3.8, 4) is 5.75 Å². The topological polar surface area (TPSA) is 22.1 Å². The number of hydrogen-bond acceptors (Lipinski definition) is 3. The highest BCUT2D eigenvalue weighted by Gasteiger charge is 1.98. The Morgan fingerprint density at radius 3 is 2.65 bits per heavy atom. The monoisotopic (exact) mass is 265 g/mol. The van der Waals surface area contributed by atoms with Crippen molar-refractivity contribution in [2.75, 3.05) is 6.26 Å². The minimum Gasteiger partial charge on any atom is -0.487 e. The zero-order valence-electron chi connectivity index (χ0n) is 9.39. The van der Waals surface area contributed by atoms with Gasteiger partial charge in [0.25, 0.3) is 0 Å². The smallest absolute Gasteiger partial charge is 0.130 e. The molecule has 0 saturated heterocycles. The van der Waals surface area contributed by atoms with E-state index in [0.29, 0.717) is 11.6 Å². The highest BCUT2D eigenvalue weighted by atomic mass is 35.5. The molecule has 0 N–H and O–H groups in total. The van der Waals surface area contributed by atoms with E-state index in [1.807, 2.05) is 30.5 Å². The van der Waals surface area contributed by atoms with Crippen molar-refractivity contribution in [3.05, 3.63) is 53.3 Å². The van der Waals surface area contributed by atoms with Crippen LogP contribution in [0.15, 0.2) is 47.5 Å². The summed E-state index contributed by atoms with van der Waals surface area (Å²) in [6.45, 7) is 0.430. The van der Waals surface area contributed by atoms with Crippen molar-refractivity contribution in [2.45, 2.75) is 11.5 Å². The van der Waals surface area contributed by atoms with Gasteiger partial charge in [0.15, 0.2) is 0 Å². The van der Waals surface area contributed by atoms with Crippen LogP contribution in [0.3, 0.4) is 0 Å². The van der Waals surface area contributed by atoms with Crippen LogP contribution in [0, 0.1) is 0 Å². The number of halogens is 1. The van der Waals surface area contributed by atoms with E-state index in [1.165, 1.54) is 4.90 Å². The third-order valence-corrected chi connectivity index (χ3v) is 3.20. The summed E-state index contributed by atoms with van der Waals surface area (Å²) in [5.41, 5.74) is 0.825. The van der Waals surface area contributed by atoms with Gasteiger partial charge in [-0.2, -0.15) is 0 Å². The van der Waals surface area contributed by atoms with Crippen molar-refractivity contribution in [3.63, 3.8) is 0 Å². The Morgan fingerprint density at radius 2 is 2.00 bits per heavy atom. The Hall–Kier alpha value is -1.19. The second-order valence-corrected chi connectivity index (χ2v) is 4.75. The molecule has 0 amide bonds. The molecule has 2 nitrogen and oxygen atoms in total. The van der Waals surface area contributed by atoms with E-state index < -0.39 is 0 Å². The third-order valence-electron chi connectivity index (χ3n) is 2.22. The molecule has 0 aliphatic carbocycles. The van der Waals surface area contributed by atoms with Crippen LogP contribution in [0.1, 0.15) is 5.69 Å². The van der Waals surface area contributed by atoms with Crippen molar-refractivity contribution >= 4 is 23.4 Å². The SMILES string of the molecule is CSc1ccc(OCc2cc(Cl)ccn2)cc1. The van der Waals surface area contributed by atoms with Gasteiger partial charge in [-0.25, -0.2) is 0 Å². The average molecular weight is 266 g/mol. The first-order chi connectivity index (χ1) is 8.28.